The van der Waals surface area contributed by atoms with E-state index >= 15 is 0 Å². The highest BCUT2D eigenvalue weighted by Gasteiger charge is 2.22. The number of ether oxygens (including phenoxy) is 1. The van der Waals surface area contributed by atoms with Gasteiger partial charge >= 0.3 is 0 Å². The van der Waals surface area contributed by atoms with Gasteiger partial charge in [0.1, 0.15) is 5.75 Å². The van der Waals surface area contributed by atoms with Gasteiger partial charge in [0.2, 0.25) is 11.8 Å². The standard InChI is InChI=1S/C19H26N4O3/c1-15-20-18(21-26-15)14-19(24)23-12-10-22(11-13-23)9-3-4-16-5-7-17(25-2)8-6-16/h5-8H,3-4,9-14H2,1-2H3. The molecule has 0 radical (unpaired) electrons. The summed E-state index contributed by atoms with van der Waals surface area (Å²) in [4.78, 5) is 20.7. The van der Waals surface area contributed by atoms with Crippen LogP contribution in [-0.4, -0.2) is 65.7 Å². The molecule has 1 saturated heterocycles. The lowest BCUT2D eigenvalue weighted by Gasteiger charge is -2.34. The largest absolute Gasteiger partial charge is 0.497 e. The van der Waals surface area contributed by atoms with Crippen molar-refractivity contribution in [2.45, 2.75) is 26.2 Å². The van der Waals surface area contributed by atoms with Crippen molar-refractivity contribution in [1.82, 2.24) is 19.9 Å². The summed E-state index contributed by atoms with van der Waals surface area (Å²) >= 11 is 0. The van der Waals surface area contributed by atoms with Crippen molar-refractivity contribution in [3.8, 4) is 5.75 Å². The first-order valence-electron chi connectivity index (χ1n) is 9.06. The fourth-order valence-corrected chi connectivity index (χ4v) is 3.18. The quantitative estimate of drug-likeness (QED) is 0.750. The first kappa shape index (κ1) is 18.4. The minimum absolute atomic E-state index is 0.0729. The van der Waals surface area contributed by atoms with Gasteiger partial charge in [0.05, 0.1) is 13.5 Å². The Labute approximate surface area is 153 Å². The van der Waals surface area contributed by atoms with E-state index < -0.39 is 0 Å². The molecule has 2 aromatic rings. The number of amides is 1. The van der Waals surface area contributed by atoms with Crippen LogP contribution in [0.2, 0.25) is 0 Å². The van der Waals surface area contributed by atoms with Gasteiger partial charge < -0.3 is 14.2 Å². The van der Waals surface area contributed by atoms with Gasteiger partial charge in [0.25, 0.3) is 0 Å². The Kier molecular flexibility index (Phi) is 6.22. The molecule has 26 heavy (non-hydrogen) atoms. The first-order chi connectivity index (χ1) is 12.6. The molecule has 2 heterocycles. The summed E-state index contributed by atoms with van der Waals surface area (Å²) in [6.07, 6.45) is 2.39. The zero-order valence-corrected chi connectivity index (χ0v) is 15.5. The Morgan fingerprint density at radius 3 is 2.54 bits per heavy atom. The van der Waals surface area contributed by atoms with Crippen molar-refractivity contribution >= 4 is 5.91 Å². The molecule has 0 saturated carbocycles. The highest BCUT2D eigenvalue weighted by Crippen LogP contribution is 2.13. The lowest BCUT2D eigenvalue weighted by molar-refractivity contribution is -0.132. The van der Waals surface area contributed by atoms with Crippen LogP contribution in [0.4, 0.5) is 0 Å². The molecule has 1 fully saturated rings. The second-order valence-electron chi connectivity index (χ2n) is 6.58. The molecule has 0 N–H and O–H groups in total. The van der Waals surface area contributed by atoms with Crippen LogP contribution in [-0.2, 0) is 17.6 Å². The highest BCUT2D eigenvalue weighted by atomic mass is 16.5. The molecule has 0 aliphatic carbocycles. The molecule has 140 valence electrons. The van der Waals surface area contributed by atoms with Crippen LogP contribution >= 0.6 is 0 Å². The molecule has 0 bridgehead atoms. The van der Waals surface area contributed by atoms with E-state index in [1.54, 1.807) is 14.0 Å². The number of hydrogen-bond donors (Lipinski definition) is 0. The monoisotopic (exact) mass is 358 g/mol. The van der Waals surface area contributed by atoms with Crippen LogP contribution in [0, 0.1) is 6.92 Å². The summed E-state index contributed by atoms with van der Waals surface area (Å²) in [5.74, 6) is 1.93. The van der Waals surface area contributed by atoms with Crippen LogP contribution in [0.15, 0.2) is 28.8 Å². The normalized spacial score (nSPS) is 15.2. The molecule has 3 rings (SSSR count). The summed E-state index contributed by atoms with van der Waals surface area (Å²) in [6.45, 7) is 6.14. The number of methoxy groups -OCH3 is 1. The van der Waals surface area contributed by atoms with Gasteiger partial charge in [-0.15, -0.1) is 0 Å². The zero-order valence-electron chi connectivity index (χ0n) is 15.5. The average molecular weight is 358 g/mol. The van der Waals surface area contributed by atoms with Crippen molar-refractivity contribution in [3.63, 3.8) is 0 Å². The molecule has 1 aliphatic heterocycles. The fraction of sp³-hybridized carbons (Fsp3) is 0.526. The molecule has 0 unspecified atom stereocenters. The number of hydrogen-bond acceptors (Lipinski definition) is 6. The average Bonchev–Trinajstić information content (AvgIpc) is 3.07. The molecule has 1 aliphatic rings. The van der Waals surface area contributed by atoms with Crippen LogP contribution in [0.25, 0.3) is 0 Å². The van der Waals surface area contributed by atoms with E-state index in [0.717, 1.165) is 51.3 Å². The topological polar surface area (TPSA) is 71.7 Å². The van der Waals surface area contributed by atoms with Crippen LogP contribution in [0.5, 0.6) is 5.75 Å². The lowest BCUT2D eigenvalue weighted by atomic mass is 10.1. The highest BCUT2D eigenvalue weighted by molar-refractivity contribution is 5.78. The van der Waals surface area contributed by atoms with Gasteiger partial charge in [-0.2, -0.15) is 4.98 Å². The smallest absolute Gasteiger partial charge is 0.230 e. The van der Waals surface area contributed by atoms with Crippen molar-refractivity contribution in [2.24, 2.45) is 0 Å². The zero-order chi connectivity index (χ0) is 18.4. The van der Waals surface area contributed by atoms with E-state index in [0.29, 0.717) is 11.7 Å². The second kappa shape index (κ2) is 8.80. The maximum atomic E-state index is 12.3. The predicted octanol–water partition coefficient (Wildman–Crippen LogP) is 1.71. The summed E-state index contributed by atoms with van der Waals surface area (Å²) in [6, 6.07) is 8.25. The Morgan fingerprint density at radius 1 is 1.19 bits per heavy atom. The molecule has 1 aromatic carbocycles. The molecular formula is C19H26N4O3. The Morgan fingerprint density at radius 2 is 1.92 bits per heavy atom. The van der Waals surface area contributed by atoms with Gasteiger partial charge in [-0.25, -0.2) is 0 Å². The lowest BCUT2D eigenvalue weighted by Crippen LogP contribution is -2.49. The Bertz CT molecular complexity index is 706. The minimum atomic E-state index is 0.0729. The number of benzene rings is 1. The van der Waals surface area contributed by atoms with E-state index in [1.165, 1.54) is 5.56 Å². The van der Waals surface area contributed by atoms with Crippen molar-refractivity contribution < 1.29 is 14.1 Å². The van der Waals surface area contributed by atoms with Crippen molar-refractivity contribution in [2.75, 3.05) is 39.8 Å². The van der Waals surface area contributed by atoms with Crippen molar-refractivity contribution in [1.29, 1.82) is 0 Å². The molecule has 7 nitrogen and oxygen atoms in total. The van der Waals surface area contributed by atoms with Crippen LogP contribution in [0.1, 0.15) is 23.7 Å². The molecule has 7 heteroatoms. The molecule has 1 amide bonds. The number of aromatic nitrogens is 2. The van der Waals surface area contributed by atoms with E-state index in [1.807, 2.05) is 17.0 Å². The van der Waals surface area contributed by atoms with E-state index in [-0.39, 0.29) is 12.3 Å². The number of carbonyl (C=O) groups excluding carboxylic acids is 1. The number of aryl methyl sites for hydroxylation is 2. The summed E-state index contributed by atoms with van der Waals surface area (Å²) in [7, 11) is 1.68. The molecule has 1 aromatic heterocycles. The molecular weight excluding hydrogens is 332 g/mol. The van der Waals surface area contributed by atoms with Crippen LogP contribution < -0.4 is 4.74 Å². The number of piperazine rings is 1. The fourth-order valence-electron chi connectivity index (χ4n) is 3.18. The molecule has 0 spiro atoms. The SMILES string of the molecule is COc1ccc(CCCN2CCN(C(=O)Cc3noc(C)n3)CC2)cc1. The number of rotatable bonds is 7. The van der Waals surface area contributed by atoms with Gasteiger partial charge in [-0.3, -0.25) is 9.69 Å². The van der Waals surface area contributed by atoms with E-state index in [2.05, 4.69) is 27.2 Å². The van der Waals surface area contributed by atoms with Crippen molar-refractivity contribution in [3.05, 3.63) is 41.5 Å². The molecule has 0 atom stereocenters. The third kappa shape index (κ3) is 5.05. The number of carbonyl (C=O) groups is 1. The van der Waals surface area contributed by atoms with E-state index in [4.69, 9.17) is 9.26 Å². The van der Waals surface area contributed by atoms with Gasteiger partial charge in [-0.1, -0.05) is 17.3 Å². The Balaban J connectivity index is 1.36. The second-order valence-corrected chi connectivity index (χ2v) is 6.58. The maximum Gasteiger partial charge on any atom is 0.230 e. The Hall–Kier alpha value is -2.41. The summed E-state index contributed by atoms with van der Waals surface area (Å²) < 4.78 is 10.1. The minimum Gasteiger partial charge on any atom is -0.497 e. The predicted molar refractivity (Wildman–Crippen MR) is 97.1 cm³/mol. The first-order valence-corrected chi connectivity index (χ1v) is 9.06. The van der Waals surface area contributed by atoms with Gasteiger partial charge in [0, 0.05) is 33.1 Å². The maximum absolute atomic E-state index is 12.3. The van der Waals surface area contributed by atoms with Gasteiger partial charge in [0.15, 0.2) is 5.82 Å². The van der Waals surface area contributed by atoms with E-state index in [9.17, 15) is 4.79 Å². The third-order valence-electron chi connectivity index (χ3n) is 4.70. The summed E-state index contributed by atoms with van der Waals surface area (Å²) in [5.41, 5.74) is 1.33. The van der Waals surface area contributed by atoms with Crippen LogP contribution in [0.3, 0.4) is 0 Å². The van der Waals surface area contributed by atoms with Gasteiger partial charge in [-0.05, 0) is 37.1 Å². The summed E-state index contributed by atoms with van der Waals surface area (Å²) in [5, 5.41) is 3.79. The third-order valence-corrected chi connectivity index (χ3v) is 4.70. The number of nitrogens with zero attached hydrogens (tertiary/aromatic N) is 4.